The van der Waals surface area contributed by atoms with E-state index in [0.29, 0.717) is 22.0 Å². The Morgan fingerprint density at radius 2 is 1.89 bits per heavy atom. The third-order valence-electron chi connectivity index (χ3n) is 5.43. The largest absolute Gasteiger partial charge is 0.365 e. The minimum absolute atomic E-state index is 0.0385. The van der Waals surface area contributed by atoms with Crippen LogP contribution in [0.3, 0.4) is 0 Å². The van der Waals surface area contributed by atoms with Gasteiger partial charge in [-0.05, 0) is 53.9 Å². The molecule has 3 rings (SSSR count). The number of benzene rings is 1. The van der Waals surface area contributed by atoms with Gasteiger partial charge in [0.2, 0.25) is 0 Å². The lowest BCUT2D eigenvalue weighted by Gasteiger charge is -2.20. The van der Waals surface area contributed by atoms with Crippen LogP contribution in [0.2, 0.25) is 0 Å². The van der Waals surface area contributed by atoms with Crippen molar-refractivity contribution in [1.29, 1.82) is 0 Å². The Bertz CT molecular complexity index is 860. The summed E-state index contributed by atoms with van der Waals surface area (Å²) in [6, 6.07) is 7.63. The van der Waals surface area contributed by atoms with E-state index in [-0.39, 0.29) is 11.3 Å². The molecule has 1 unspecified atom stereocenters. The summed E-state index contributed by atoms with van der Waals surface area (Å²) in [6.45, 7) is 8.62. The summed E-state index contributed by atoms with van der Waals surface area (Å²) in [7, 11) is 0. The second-order valence-corrected chi connectivity index (χ2v) is 9.48. The van der Waals surface area contributed by atoms with Crippen molar-refractivity contribution in [2.45, 2.75) is 58.8 Å². The highest BCUT2D eigenvalue weighted by atomic mass is 32.1. The zero-order valence-electron chi connectivity index (χ0n) is 16.5. The molecule has 1 aliphatic carbocycles. The molecule has 1 atom stereocenters. The first kappa shape index (κ1) is 19.6. The summed E-state index contributed by atoms with van der Waals surface area (Å²) in [5, 5.41) is 3.53. The molecule has 0 fully saturated rings. The number of carbonyl (C=O) groups excluding carboxylic acids is 2. The van der Waals surface area contributed by atoms with Crippen molar-refractivity contribution >= 4 is 28.2 Å². The van der Waals surface area contributed by atoms with Gasteiger partial charge in [-0.3, -0.25) is 9.59 Å². The van der Waals surface area contributed by atoms with Gasteiger partial charge in [-0.25, -0.2) is 0 Å². The van der Waals surface area contributed by atoms with Crippen LogP contribution in [0.4, 0.5) is 5.00 Å². The molecule has 0 bridgehead atoms. The molecule has 0 radical (unpaired) electrons. The fourth-order valence-corrected chi connectivity index (χ4v) is 5.01. The maximum absolute atomic E-state index is 12.7. The highest BCUT2D eigenvalue weighted by molar-refractivity contribution is 7.17. The lowest BCUT2D eigenvalue weighted by atomic mass is 9.85. The van der Waals surface area contributed by atoms with Crippen molar-refractivity contribution in [2.24, 2.45) is 11.7 Å². The number of hydrogen-bond acceptors (Lipinski definition) is 3. The molecule has 0 saturated carbocycles. The van der Waals surface area contributed by atoms with Crippen molar-refractivity contribution in [2.75, 3.05) is 5.32 Å². The molecule has 1 aliphatic rings. The SMILES string of the molecule is CCC1CCc2c(sc(NC(=O)c3ccc(C(C)(C)C)cc3)c2C(N)=O)C1. The van der Waals surface area contributed by atoms with Gasteiger partial charge in [-0.15, -0.1) is 11.3 Å². The first-order chi connectivity index (χ1) is 12.7. The Morgan fingerprint density at radius 3 is 2.44 bits per heavy atom. The summed E-state index contributed by atoms with van der Waals surface area (Å²) in [5.74, 6) is -0.0187. The fourth-order valence-electron chi connectivity index (χ4n) is 3.65. The molecular weight excluding hydrogens is 356 g/mol. The topological polar surface area (TPSA) is 72.2 Å². The van der Waals surface area contributed by atoms with Gasteiger partial charge in [-0.1, -0.05) is 46.2 Å². The quantitative estimate of drug-likeness (QED) is 0.786. The Morgan fingerprint density at radius 1 is 1.22 bits per heavy atom. The number of nitrogens with one attached hydrogen (secondary N) is 1. The van der Waals surface area contributed by atoms with Gasteiger partial charge in [0.25, 0.3) is 11.8 Å². The predicted octanol–water partition coefficient (Wildman–Crippen LogP) is 4.91. The van der Waals surface area contributed by atoms with Gasteiger partial charge in [0.15, 0.2) is 0 Å². The normalized spacial score (nSPS) is 16.7. The van der Waals surface area contributed by atoms with Crippen molar-refractivity contribution < 1.29 is 9.59 Å². The minimum Gasteiger partial charge on any atom is -0.365 e. The van der Waals surface area contributed by atoms with Crippen molar-refractivity contribution in [3.63, 3.8) is 0 Å². The molecule has 27 heavy (non-hydrogen) atoms. The van der Waals surface area contributed by atoms with E-state index in [1.165, 1.54) is 21.8 Å². The van der Waals surface area contributed by atoms with Crippen LogP contribution in [-0.2, 0) is 18.3 Å². The summed E-state index contributed by atoms with van der Waals surface area (Å²) >= 11 is 1.51. The lowest BCUT2D eigenvalue weighted by Crippen LogP contribution is -2.20. The van der Waals surface area contributed by atoms with E-state index < -0.39 is 5.91 Å². The number of nitrogens with two attached hydrogens (primary N) is 1. The van der Waals surface area contributed by atoms with E-state index in [4.69, 9.17) is 5.73 Å². The highest BCUT2D eigenvalue weighted by Crippen LogP contribution is 2.40. The van der Waals surface area contributed by atoms with Crippen LogP contribution >= 0.6 is 11.3 Å². The Kier molecular flexibility index (Phi) is 5.43. The van der Waals surface area contributed by atoms with Gasteiger partial charge < -0.3 is 11.1 Å². The maximum atomic E-state index is 12.7. The molecule has 144 valence electrons. The van der Waals surface area contributed by atoms with Crippen molar-refractivity contribution in [3.05, 3.63) is 51.4 Å². The van der Waals surface area contributed by atoms with E-state index in [1.807, 2.05) is 24.3 Å². The fraction of sp³-hybridized carbons (Fsp3) is 0.455. The number of hydrogen-bond donors (Lipinski definition) is 2. The van der Waals surface area contributed by atoms with E-state index in [9.17, 15) is 9.59 Å². The first-order valence-corrected chi connectivity index (χ1v) is 10.4. The lowest BCUT2D eigenvalue weighted by molar-refractivity contribution is 0.1000. The van der Waals surface area contributed by atoms with Gasteiger partial charge in [0, 0.05) is 10.4 Å². The molecule has 0 saturated heterocycles. The monoisotopic (exact) mass is 384 g/mol. The van der Waals surface area contributed by atoms with Gasteiger partial charge in [-0.2, -0.15) is 0 Å². The van der Waals surface area contributed by atoms with Gasteiger partial charge >= 0.3 is 0 Å². The number of carbonyl (C=O) groups is 2. The van der Waals surface area contributed by atoms with Gasteiger partial charge in [0.1, 0.15) is 5.00 Å². The van der Waals surface area contributed by atoms with Crippen LogP contribution in [0.15, 0.2) is 24.3 Å². The van der Waals surface area contributed by atoms with E-state index in [2.05, 4.69) is 33.0 Å². The smallest absolute Gasteiger partial charge is 0.256 e. The second kappa shape index (κ2) is 7.47. The summed E-state index contributed by atoms with van der Waals surface area (Å²) in [4.78, 5) is 26.0. The maximum Gasteiger partial charge on any atom is 0.256 e. The van der Waals surface area contributed by atoms with E-state index in [1.54, 1.807) is 0 Å². The third kappa shape index (κ3) is 4.08. The Labute approximate surface area is 165 Å². The summed E-state index contributed by atoms with van der Waals surface area (Å²) < 4.78 is 0. The third-order valence-corrected chi connectivity index (χ3v) is 6.60. The molecule has 2 amide bonds. The number of thiophene rings is 1. The number of amides is 2. The summed E-state index contributed by atoms with van der Waals surface area (Å²) in [6.07, 6.45) is 4.03. The molecule has 4 nitrogen and oxygen atoms in total. The van der Waals surface area contributed by atoms with Crippen LogP contribution in [0.1, 0.15) is 77.3 Å². The molecule has 1 heterocycles. The number of anilines is 1. The first-order valence-electron chi connectivity index (χ1n) is 9.57. The zero-order chi connectivity index (χ0) is 19.8. The van der Waals surface area contributed by atoms with Crippen LogP contribution in [0.5, 0.6) is 0 Å². The number of primary amides is 1. The van der Waals surface area contributed by atoms with E-state index >= 15 is 0 Å². The standard InChI is InChI=1S/C22H28N2O2S/c1-5-13-6-11-16-17(12-13)27-21(18(16)19(23)25)24-20(26)14-7-9-15(10-8-14)22(2,3)4/h7-10,13H,5-6,11-12H2,1-4H3,(H2,23,25)(H,24,26). The van der Waals surface area contributed by atoms with Gasteiger partial charge in [0.05, 0.1) is 5.56 Å². The van der Waals surface area contributed by atoms with E-state index in [0.717, 1.165) is 31.2 Å². The van der Waals surface area contributed by atoms with Crippen LogP contribution < -0.4 is 11.1 Å². The number of fused-ring (bicyclic) bond motifs is 1. The average molecular weight is 385 g/mol. The van der Waals surface area contributed by atoms with Crippen LogP contribution in [-0.4, -0.2) is 11.8 Å². The minimum atomic E-state index is -0.458. The molecule has 0 spiro atoms. The van der Waals surface area contributed by atoms with Crippen LogP contribution in [0, 0.1) is 5.92 Å². The molecule has 1 aromatic carbocycles. The summed E-state index contributed by atoms with van der Waals surface area (Å²) in [5.41, 5.74) is 8.98. The predicted molar refractivity (Wildman–Crippen MR) is 112 cm³/mol. The Hall–Kier alpha value is -2.14. The average Bonchev–Trinajstić information content (AvgIpc) is 2.97. The highest BCUT2D eigenvalue weighted by Gasteiger charge is 2.28. The molecular formula is C22H28N2O2S. The molecule has 3 N–H and O–H groups in total. The molecule has 1 aromatic heterocycles. The Balaban J connectivity index is 1.86. The van der Waals surface area contributed by atoms with Crippen molar-refractivity contribution in [3.8, 4) is 0 Å². The molecule has 2 aromatic rings. The molecule has 5 heteroatoms. The number of rotatable bonds is 4. The molecule has 0 aliphatic heterocycles. The van der Waals surface area contributed by atoms with Crippen molar-refractivity contribution in [1.82, 2.24) is 0 Å². The van der Waals surface area contributed by atoms with Crippen LogP contribution in [0.25, 0.3) is 0 Å². The second-order valence-electron chi connectivity index (χ2n) is 8.37. The zero-order valence-corrected chi connectivity index (χ0v) is 17.3.